The van der Waals surface area contributed by atoms with E-state index >= 15 is 0 Å². The third kappa shape index (κ3) is 3.30. The highest BCUT2D eigenvalue weighted by molar-refractivity contribution is 6.40. The van der Waals surface area contributed by atoms with Gasteiger partial charge in [-0.2, -0.15) is 0 Å². The van der Waals surface area contributed by atoms with E-state index in [0.717, 1.165) is 19.3 Å². The van der Waals surface area contributed by atoms with Crippen molar-refractivity contribution >= 4 is 40.9 Å². The summed E-state index contributed by atoms with van der Waals surface area (Å²) in [5, 5.41) is 14.3. The first-order valence-corrected chi connectivity index (χ1v) is 6.53. The van der Waals surface area contributed by atoms with E-state index in [2.05, 4.69) is 10.6 Å². The van der Waals surface area contributed by atoms with Crippen molar-refractivity contribution < 1.29 is 14.7 Å². The molecule has 0 aliphatic heterocycles. The summed E-state index contributed by atoms with van der Waals surface area (Å²) in [6, 6.07) is 2.29. The van der Waals surface area contributed by atoms with Gasteiger partial charge in [-0.15, -0.1) is 0 Å². The number of aromatic carboxylic acids is 1. The maximum Gasteiger partial charge on any atom is 0.335 e. The van der Waals surface area contributed by atoms with Crippen molar-refractivity contribution in [3.8, 4) is 0 Å². The van der Waals surface area contributed by atoms with Crippen molar-refractivity contribution in [3.05, 3.63) is 27.7 Å². The topological polar surface area (TPSA) is 78.4 Å². The van der Waals surface area contributed by atoms with Crippen LogP contribution in [0.1, 0.15) is 29.6 Å². The third-order valence-electron chi connectivity index (χ3n) is 2.97. The molecule has 2 amide bonds. The highest BCUT2D eigenvalue weighted by Crippen LogP contribution is 2.32. The lowest BCUT2D eigenvalue weighted by atomic mass is 9.93. The summed E-state index contributed by atoms with van der Waals surface area (Å²) in [5.74, 6) is -1.13. The summed E-state index contributed by atoms with van der Waals surface area (Å²) in [6.07, 6.45) is 3.04. The Kier molecular flexibility index (Phi) is 4.17. The number of hydrogen-bond acceptors (Lipinski definition) is 2. The Morgan fingerprint density at radius 3 is 2.21 bits per heavy atom. The van der Waals surface area contributed by atoms with Crippen LogP contribution in [0.3, 0.4) is 0 Å². The van der Waals surface area contributed by atoms with Crippen LogP contribution in [0.2, 0.25) is 10.0 Å². The van der Waals surface area contributed by atoms with Gasteiger partial charge in [0, 0.05) is 6.04 Å². The summed E-state index contributed by atoms with van der Waals surface area (Å²) < 4.78 is 0. The van der Waals surface area contributed by atoms with E-state index in [4.69, 9.17) is 28.3 Å². The molecule has 7 heteroatoms. The molecule has 19 heavy (non-hydrogen) atoms. The molecule has 2 rings (SSSR count). The standard InChI is InChI=1S/C12H12Cl2N2O3/c13-8-4-6(11(17)18)5-9(14)10(8)16-12(19)15-7-2-1-3-7/h4-5,7H,1-3H2,(H,17,18)(H2,15,16,19). The summed E-state index contributed by atoms with van der Waals surface area (Å²) in [7, 11) is 0. The van der Waals surface area contributed by atoms with Gasteiger partial charge in [-0.3, -0.25) is 0 Å². The monoisotopic (exact) mass is 302 g/mol. The molecule has 1 saturated carbocycles. The van der Waals surface area contributed by atoms with Crippen molar-refractivity contribution in [3.63, 3.8) is 0 Å². The average Bonchev–Trinajstić information content (AvgIpc) is 2.28. The van der Waals surface area contributed by atoms with E-state index in [9.17, 15) is 9.59 Å². The fourth-order valence-corrected chi connectivity index (χ4v) is 2.29. The fraction of sp³-hybridized carbons (Fsp3) is 0.333. The number of urea groups is 1. The van der Waals surface area contributed by atoms with Gasteiger partial charge in [-0.1, -0.05) is 23.2 Å². The molecule has 1 aromatic rings. The predicted octanol–water partition coefficient (Wildman–Crippen LogP) is 3.37. The Morgan fingerprint density at radius 1 is 1.21 bits per heavy atom. The second kappa shape index (κ2) is 5.67. The molecule has 5 nitrogen and oxygen atoms in total. The largest absolute Gasteiger partial charge is 0.478 e. The minimum Gasteiger partial charge on any atom is -0.478 e. The number of carboxylic acids is 1. The highest BCUT2D eigenvalue weighted by atomic mass is 35.5. The van der Waals surface area contributed by atoms with Gasteiger partial charge in [0.1, 0.15) is 0 Å². The van der Waals surface area contributed by atoms with Crippen molar-refractivity contribution in [2.75, 3.05) is 5.32 Å². The molecule has 0 radical (unpaired) electrons. The summed E-state index contributed by atoms with van der Waals surface area (Å²) >= 11 is 11.8. The number of hydrogen-bond donors (Lipinski definition) is 3. The second-order valence-electron chi connectivity index (χ2n) is 4.35. The van der Waals surface area contributed by atoms with Gasteiger partial charge >= 0.3 is 12.0 Å². The Balaban J connectivity index is 2.11. The lowest BCUT2D eigenvalue weighted by Crippen LogP contribution is -2.41. The molecular formula is C12H12Cl2N2O3. The maximum atomic E-state index is 11.7. The molecule has 3 N–H and O–H groups in total. The zero-order chi connectivity index (χ0) is 14.0. The molecule has 1 fully saturated rings. The molecular weight excluding hydrogens is 291 g/mol. The smallest absolute Gasteiger partial charge is 0.335 e. The Bertz CT molecular complexity index is 507. The van der Waals surface area contributed by atoms with Gasteiger partial charge in [-0.05, 0) is 31.4 Å². The van der Waals surface area contributed by atoms with E-state index in [1.165, 1.54) is 12.1 Å². The molecule has 1 aromatic carbocycles. The zero-order valence-electron chi connectivity index (χ0n) is 9.87. The number of carbonyl (C=O) groups is 2. The number of halogens is 2. The van der Waals surface area contributed by atoms with Gasteiger partial charge in [0.05, 0.1) is 21.3 Å². The molecule has 1 aliphatic carbocycles. The van der Waals surface area contributed by atoms with Crippen LogP contribution in [0, 0.1) is 0 Å². The van der Waals surface area contributed by atoms with Crippen LogP contribution in [0.15, 0.2) is 12.1 Å². The van der Waals surface area contributed by atoms with Gasteiger partial charge in [0.25, 0.3) is 0 Å². The normalized spacial score (nSPS) is 14.6. The number of carbonyl (C=O) groups excluding carboxylic acids is 1. The Labute approximate surface area is 119 Å². The lowest BCUT2D eigenvalue weighted by Gasteiger charge is -2.26. The van der Waals surface area contributed by atoms with Crippen LogP contribution < -0.4 is 10.6 Å². The van der Waals surface area contributed by atoms with Gasteiger partial charge in [0.2, 0.25) is 0 Å². The molecule has 0 saturated heterocycles. The van der Waals surface area contributed by atoms with Crippen molar-refractivity contribution in [2.45, 2.75) is 25.3 Å². The van der Waals surface area contributed by atoms with E-state index in [1.807, 2.05) is 0 Å². The van der Waals surface area contributed by atoms with Crippen molar-refractivity contribution in [1.29, 1.82) is 0 Å². The highest BCUT2D eigenvalue weighted by Gasteiger charge is 2.20. The third-order valence-corrected chi connectivity index (χ3v) is 3.56. The van der Waals surface area contributed by atoms with E-state index < -0.39 is 12.0 Å². The first-order chi connectivity index (χ1) is 8.97. The van der Waals surface area contributed by atoms with Crippen molar-refractivity contribution in [1.82, 2.24) is 5.32 Å². The Hall–Kier alpha value is -1.46. The van der Waals surface area contributed by atoms with Gasteiger partial charge in [0.15, 0.2) is 0 Å². The molecule has 0 spiro atoms. The molecule has 1 aliphatic rings. The molecule has 0 atom stereocenters. The quantitative estimate of drug-likeness (QED) is 0.801. The van der Waals surface area contributed by atoms with Gasteiger partial charge < -0.3 is 15.7 Å². The number of nitrogens with one attached hydrogen (secondary N) is 2. The average molecular weight is 303 g/mol. The second-order valence-corrected chi connectivity index (χ2v) is 5.16. The van der Waals surface area contributed by atoms with E-state index in [-0.39, 0.29) is 27.3 Å². The van der Waals surface area contributed by atoms with Crippen LogP contribution in [-0.2, 0) is 0 Å². The van der Waals surface area contributed by atoms with Crippen LogP contribution in [0.4, 0.5) is 10.5 Å². The van der Waals surface area contributed by atoms with E-state index in [0.29, 0.717) is 0 Å². The predicted molar refractivity (Wildman–Crippen MR) is 73.2 cm³/mol. The molecule has 0 heterocycles. The van der Waals surface area contributed by atoms with Crippen LogP contribution >= 0.6 is 23.2 Å². The minimum atomic E-state index is -1.13. The first kappa shape index (κ1) is 14.0. The molecule has 102 valence electrons. The summed E-state index contributed by atoms with van der Waals surface area (Å²) in [4.78, 5) is 22.5. The molecule has 0 bridgehead atoms. The number of carboxylic acid groups (broad SMARTS) is 1. The number of rotatable bonds is 3. The van der Waals surface area contributed by atoms with Crippen LogP contribution in [0.5, 0.6) is 0 Å². The molecule has 0 unspecified atom stereocenters. The first-order valence-electron chi connectivity index (χ1n) is 5.77. The molecule has 0 aromatic heterocycles. The number of benzene rings is 1. The Morgan fingerprint density at radius 2 is 1.79 bits per heavy atom. The number of anilines is 1. The van der Waals surface area contributed by atoms with Crippen molar-refractivity contribution in [2.24, 2.45) is 0 Å². The maximum absolute atomic E-state index is 11.7. The van der Waals surface area contributed by atoms with E-state index in [1.54, 1.807) is 0 Å². The summed E-state index contributed by atoms with van der Waals surface area (Å²) in [6.45, 7) is 0. The fourth-order valence-electron chi connectivity index (χ4n) is 1.70. The SMILES string of the molecule is O=C(Nc1c(Cl)cc(C(=O)O)cc1Cl)NC1CCC1. The summed E-state index contributed by atoms with van der Waals surface area (Å²) in [5.41, 5.74) is 0.185. The van der Waals surface area contributed by atoms with Crippen LogP contribution in [0.25, 0.3) is 0 Å². The van der Waals surface area contributed by atoms with Crippen LogP contribution in [-0.4, -0.2) is 23.1 Å². The lowest BCUT2D eigenvalue weighted by molar-refractivity contribution is 0.0697. The van der Waals surface area contributed by atoms with Gasteiger partial charge in [-0.25, -0.2) is 9.59 Å². The minimum absolute atomic E-state index is 0.0278. The zero-order valence-corrected chi connectivity index (χ0v) is 11.4. The number of amides is 2.